The Morgan fingerprint density at radius 2 is 1.91 bits per heavy atom. The van der Waals surface area contributed by atoms with Crippen LogP contribution >= 0.6 is 0 Å². The van der Waals surface area contributed by atoms with Crippen LogP contribution in [0, 0.1) is 12.0 Å². The van der Waals surface area contributed by atoms with Gasteiger partial charge in [0.25, 0.3) is 0 Å². The molecule has 196 valence electrons. The van der Waals surface area contributed by atoms with Gasteiger partial charge in [-0.2, -0.15) is 14.4 Å². The smallest absolute Gasteiger partial charge is 0.312 e. The molecule has 0 aromatic carbocycles. The molecule has 0 amide bonds. The monoisotopic (exact) mass is 513 g/mol. The van der Waals surface area contributed by atoms with Gasteiger partial charge in [0.2, 0.25) is 0 Å². The first-order chi connectivity index (χ1) is 16.3. The number of nitrogens with zero attached hydrogens (tertiary/aromatic N) is 4. The van der Waals surface area contributed by atoms with Crippen molar-refractivity contribution in [2.75, 3.05) is 18.9 Å². The van der Waals surface area contributed by atoms with Gasteiger partial charge in [-0.1, -0.05) is 20.8 Å². The van der Waals surface area contributed by atoms with E-state index in [2.05, 4.69) is 48.8 Å². The summed E-state index contributed by atoms with van der Waals surface area (Å²) >= 11 is 0. The Morgan fingerprint density at radius 3 is 2.54 bits per heavy atom. The van der Waals surface area contributed by atoms with Gasteiger partial charge in [0.1, 0.15) is 6.10 Å². The first-order valence-corrected chi connectivity index (χ1v) is 14.8. The molecule has 7 atom stereocenters. The van der Waals surface area contributed by atoms with Crippen molar-refractivity contribution in [1.82, 2.24) is 19.5 Å². The molecule has 0 spiro atoms. The van der Waals surface area contributed by atoms with E-state index in [1.54, 1.807) is 4.57 Å². The van der Waals surface area contributed by atoms with Gasteiger partial charge < -0.3 is 35.0 Å². The number of halogens is 1. The number of nitrogen functional groups attached to an aromatic ring is 1. The average Bonchev–Trinajstić information content (AvgIpc) is 3.42. The number of hydrogen-bond donors (Lipinski definition) is 4. The number of rotatable bonds is 7. The lowest BCUT2D eigenvalue weighted by atomic mass is 10.1. The summed E-state index contributed by atoms with van der Waals surface area (Å²) in [7, 11) is -2.21. The van der Waals surface area contributed by atoms with Crippen LogP contribution in [0.1, 0.15) is 39.8 Å². The lowest BCUT2D eigenvalue weighted by Gasteiger charge is -2.39. The van der Waals surface area contributed by atoms with Crippen molar-refractivity contribution in [3.05, 3.63) is 12.4 Å². The molecular formula is C22H36FN5O6Si. The lowest BCUT2D eigenvalue weighted by molar-refractivity contribution is -0.0987. The van der Waals surface area contributed by atoms with Gasteiger partial charge in [0.05, 0.1) is 37.4 Å². The predicted octanol–water partition coefficient (Wildman–Crippen LogP) is 1.34. The molecule has 0 bridgehead atoms. The molecule has 5 unspecified atom stereocenters. The second-order valence-corrected chi connectivity index (χ2v) is 15.8. The highest BCUT2D eigenvalue weighted by Gasteiger charge is 2.47. The Balaban J connectivity index is 1.57. The summed E-state index contributed by atoms with van der Waals surface area (Å²) in [5, 5.41) is 29.7. The Bertz CT molecular complexity index is 1050. The second kappa shape index (κ2) is 9.61. The highest BCUT2D eigenvalue weighted by atomic mass is 28.4. The Morgan fingerprint density at radius 1 is 1.20 bits per heavy atom. The van der Waals surface area contributed by atoms with Crippen molar-refractivity contribution in [3.63, 3.8) is 0 Å². The van der Waals surface area contributed by atoms with Crippen LogP contribution in [0.25, 0.3) is 11.2 Å². The molecule has 0 radical (unpaired) electrons. The van der Waals surface area contributed by atoms with Crippen molar-refractivity contribution in [1.29, 1.82) is 0 Å². The van der Waals surface area contributed by atoms with E-state index in [0.717, 1.165) is 0 Å². The summed E-state index contributed by atoms with van der Waals surface area (Å²) in [6.45, 7) is 10.6. The van der Waals surface area contributed by atoms with Gasteiger partial charge in [0.15, 0.2) is 31.5 Å². The van der Waals surface area contributed by atoms with E-state index >= 15 is 0 Å². The molecule has 2 aliphatic rings. The molecular weight excluding hydrogens is 477 g/mol. The van der Waals surface area contributed by atoms with E-state index in [1.807, 2.05) is 0 Å². The average molecular weight is 514 g/mol. The largest absolute Gasteiger partial charge is 0.409 e. The quantitative estimate of drug-likeness (QED) is 0.314. The number of ether oxygens (including phenoxy) is 2. The lowest BCUT2D eigenvalue weighted by Crippen LogP contribution is -2.45. The number of aliphatic hydroxyl groups excluding tert-OH is 3. The number of nitrogens with two attached hydrogens (primary N) is 1. The maximum atomic E-state index is 14.0. The zero-order valence-electron chi connectivity index (χ0n) is 20.8. The maximum absolute atomic E-state index is 14.0. The summed E-state index contributed by atoms with van der Waals surface area (Å²) in [6.07, 6.45) is -2.77. The highest BCUT2D eigenvalue weighted by Crippen LogP contribution is 2.42. The predicted molar refractivity (Wildman–Crippen MR) is 127 cm³/mol. The van der Waals surface area contributed by atoms with E-state index in [9.17, 15) is 19.7 Å². The van der Waals surface area contributed by atoms with Gasteiger partial charge >= 0.3 is 6.08 Å². The molecule has 2 fully saturated rings. The molecule has 4 rings (SSSR count). The van der Waals surface area contributed by atoms with Crippen LogP contribution in [-0.2, 0) is 13.9 Å². The van der Waals surface area contributed by atoms with Crippen molar-refractivity contribution in [2.45, 2.75) is 88.5 Å². The summed E-state index contributed by atoms with van der Waals surface area (Å²) < 4.78 is 34.5. The SMILES string of the molecule is CC(C)(C)[Si](C)(C)OC1C[C@@H](COC2CC(CO)C(O)C2O)O[C@H]1n1cnc2c(N)nc(F)nc21. The molecule has 35 heavy (non-hydrogen) atoms. The van der Waals surface area contributed by atoms with E-state index in [4.69, 9.17) is 19.6 Å². The summed E-state index contributed by atoms with van der Waals surface area (Å²) in [4.78, 5) is 11.7. The molecule has 2 aromatic heterocycles. The highest BCUT2D eigenvalue weighted by molar-refractivity contribution is 6.74. The van der Waals surface area contributed by atoms with Crippen LogP contribution in [-0.4, -0.2) is 86.9 Å². The second-order valence-electron chi connectivity index (χ2n) is 11.0. The number of hydrogen-bond acceptors (Lipinski definition) is 10. The van der Waals surface area contributed by atoms with Crippen molar-refractivity contribution in [2.24, 2.45) is 5.92 Å². The zero-order chi connectivity index (χ0) is 25.7. The van der Waals surface area contributed by atoms with E-state index in [0.29, 0.717) is 12.8 Å². The number of imidazole rings is 1. The minimum Gasteiger partial charge on any atom is -0.409 e. The van der Waals surface area contributed by atoms with Gasteiger partial charge in [0, 0.05) is 18.9 Å². The fourth-order valence-electron chi connectivity index (χ4n) is 4.48. The molecule has 1 saturated carbocycles. The minimum absolute atomic E-state index is 0.0503. The summed E-state index contributed by atoms with van der Waals surface area (Å²) in [6, 6.07) is 0. The molecule has 11 nitrogen and oxygen atoms in total. The molecule has 1 aliphatic carbocycles. The third-order valence-corrected chi connectivity index (χ3v) is 12.1. The van der Waals surface area contributed by atoms with Crippen LogP contribution in [0.5, 0.6) is 0 Å². The van der Waals surface area contributed by atoms with E-state index in [1.165, 1.54) is 6.33 Å². The van der Waals surface area contributed by atoms with Gasteiger partial charge in [-0.3, -0.25) is 4.57 Å². The molecule has 1 saturated heterocycles. The van der Waals surface area contributed by atoms with E-state index in [-0.39, 0.29) is 41.3 Å². The van der Waals surface area contributed by atoms with Crippen LogP contribution < -0.4 is 5.73 Å². The first kappa shape index (κ1) is 26.3. The van der Waals surface area contributed by atoms with Crippen LogP contribution in [0.4, 0.5) is 10.2 Å². The fraction of sp³-hybridized carbons (Fsp3) is 0.773. The standard InChI is InChI=1S/C22H36FN5O6Si/c1-22(2,3)35(4,5)34-14-7-12(9-32-13-6-11(8-29)16(30)17(13)31)33-20(14)28-10-25-15-18(24)26-21(23)27-19(15)28/h10-14,16-17,20,29-31H,6-9H2,1-5H3,(H2,24,26,27)/t11?,12-,13?,14?,16?,17?,20+/m0/s1. The zero-order valence-corrected chi connectivity index (χ0v) is 21.8. The van der Waals surface area contributed by atoms with Crippen LogP contribution in [0.15, 0.2) is 6.33 Å². The molecule has 1 aliphatic heterocycles. The van der Waals surface area contributed by atoms with Crippen LogP contribution in [0.3, 0.4) is 0 Å². The maximum Gasteiger partial charge on any atom is 0.312 e. The normalized spacial score (nSPS) is 32.1. The topological polar surface area (TPSA) is 158 Å². The van der Waals surface area contributed by atoms with E-state index < -0.39 is 51.0 Å². The number of fused-ring (bicyclic) bond motifs is 1. The fourth-order valence-corrected chi connectivity index (χ4v) is 5.81. The molecule has 3 heterocycles. The molecule has 2 aromatic rings. The van der Waals surface area contributed by atoms with Gasteiger partial charge in [-0.15, -0.1) is 0 Å². The molecule has 13 heteroatoms. The number of anilines is 1. The Kier molecular flexibility index (Phi) is 7.23. The number of aliphatic hydroxyl groups is 3. The van der Waals surface area contributed by atoms with Crippen molar-refractivity contribution >= 4 is 25.3 Å². The van der Waals surface area contributed by atoms with Crippen LogP contribution in [0.2, 0.25) is 18.1 Å². The summed E-state index contributed by atoms with van der Waals surface area (Å²) in [5.74, 6) is -0.488. The first-order valence-electron chi connectivity index (χ1n) is 11.9. The van der Waals surface area contributed by atoms with Gasteiger partial charge in [-0.05, 0) is 24.6 Å². The van der Waals surface area contributed by atoms with Crippen molar-refractivity contribution in [3.8, 4) is 0 Å². The third-order valence-electron chi connectivity index (χ3n) is 7.57. The molecule has 5 N–H and O–H groups in total. The minimum atomic E-state index is -2.21. The number of aromatic nitrogens is 4. The third kappa shape index (κ3) is 5.08. The van der Waals surface area contributed by atoms with Crippen molar-refractivity contribution < 1.29 is 33.6 Å². The Hall–Kier alpha value is -1.74. The van der Waals surface area contributed by atoms with Gasteiger partial charge in [-0.25, -0.2) is 4.98 Å². The Labute approximate surface area is 204 Å². The summed E-state index contributed by atoms with van der Waals surface area (Å²) in [5.41, 5.74) is 6.33.